The van der Waals surface area contributed by atoms with Gasteiger partial charge in [0.05, 0.1) is 22.1 Å². The normalized spacial score (nSPS) is 13.4. The Labute approximate surface area is 405 Å². The third-order valence-corrected chi connectivity index (χ3v) is 20.0. The lowest BCUT2D eigenvalue weighted by molar-refractivity contribution is 0.444. The standard InChI is InChI=1S/C66H52N2Si/c1-5-20-47(21-6-1)50-26-17-31-56(42-50)69(55-29-11-4-12-30-55,57-32-18-27-51(43-57)48-22-7-2-8-23-48)58-33-19-28-53(45-58)67-63-36-15-14-35-60(63)62-41-39-54(46-66(62)67)68-64-37-16-13-34-59(64)61-40-38-52(44-65(61)68)49-24-9-3-10-25-49/h1-2,4-8,11-23,26-46,49H,3,9-10,24-25H2. The minimum atomic E-state index is -3.06. The molecule has 2 heterocycles. The van der Waals surface area contributed by atoms with Gasteiger partial charge in [-0.3, -0.25) is 0 Å². The molecular weight excluding hydrogens is 849 g/mol. The molecule has 2 nitrogen and oxygen atoms in total. The Bertz CT molecular complexity index is 3740. The second-order valence-corrected chi connectivity index (χ2v) is 22.9. The zero-order chi connectivity index (χ0) is 45.7. The van der Waals surface area contributed by atoms with E-state index in [1.54, 1.807) is 0 Å². The molecule has 1 fully saturated rings. The largest absolute Gasteiger partial charge is 0.309 e. The number of rotatable bonds is 9. The summed E-state index contributed by atoms with van der Waals surface area (Å²) < 4.78 is 5.06. The molecule has 0 saturated heterocycles. The van der Waals surface area contributed by atoms with E-state index in [0.29, 0.717) is 5.92 Å². The van der Waals surface area contributed by atoms with Crippen LogP contribution in [0, 0.1) is 0 Å². The van der Waals surface area contributed by atoms with Gasteiger partial charge in [-0.25, -0.2) is 0 Å². The molecule has 69 heavy (non-hydrogen) atoms. The quantitative estimate of drug-likeness (QED) is 0.101. The molecule has 0 amide bonds. The van der Waals surface area contributed by atoms with Crippen LogP contribution in [0.15, 0.2) is 249 Å². The van der Waals surface area contributed by atoms with E-state index in [1.807, 2.05) is 0 Å². The highest BCUT2D eigenvalue weighted by molar-refractivity contribution is 7.20. The maximum Gasteiger partial charge on any atom is 0.179 e. The molecular formula is C66H52N2Si. The van der Waals surface area contributed by atoms with Gasteiger partial charge in [0, 0.05) is 32.9 Å². The van der Waals surface area contributed by atoms with Crippen molar-refractivity contribution in [3.05, 3.63) is 254 Å². The van der Waals surface area contributed by atoms with E-state index in [-0.39, 0.29) is 0 Å². The van der Waals surface area contributed by atoms with Crippen molar-refractivity contribution >= 4 is 72.4 Å². The first kappa shape index (κ1) is 41.2. The van der Waals surface area contributed by atoms with E-state index in [9.17, 15) is 0 Å². The number of hydrogen-bond acceptors (Lipinski definition) is 0. The monoisotopic (exact) mass is 900 g/mol. The van der Waals surface area contributed by atoms with Crippen molar-refractivity contribution in [3.8, 4) is 33.6 Å². The Balaban J connectivity index is 1.06. The summed E-state index contributed by atoms with van der Waals surface area (Å²) in [5.74, 6) is 0.625. The second-order valence-electron chi connectivity index (χ2n) is 19.1. The first-order valence-electron chi connectivity index (χ1n) is 24.8. The minimum Gasteiger partial charge on any atom is -0.309 e. The lowest BCUT2D eigenvalue weighted by Gasteiger charge is -2.35. The van der Waals surface area contributed by atoms with Crippen molar-refractivity contribution in [2.75, 3.05) is 0 Å². The summed E-state index contributed by atoms with van der Waals surface area (Å²) in [4.78, 5) is 0. The average Bonchev–Trinajstić information content (AvgIpc) is 3.94. The van der Waals surface area contributed by atoms with Crippen LogP contribution in [0.25, 0.3) is 77.2 Å². The molecule has 13 rings (SSSR count). The van der Waals surface area contributed by atoms with Crippen molar-refractivity contribution in [1.82, 2.24) is 9.13 Å². The number of para-hydroxylation sites is 2. The maximum atomic E-state index is 2.53. The third kappa shape index (κ3) is 6.99. The van der Waals surface area contributed by atoms with Crippen LogP contribution in [-0.2, 0) is 0 Å². The molecule has 0 aliphatic heterocycles. The van der Waals surface area contributed by atoms with E-state index in [0.717, 1.165) is 5.69 Å². The minimum absolute atomic E-state index is 0.625. The van der Waals surface area contributed by atoms with Crippen LogP contribution in [0.3, 0.4) is 0 Å². The summed E-state index contributed by atoms with van der Waals surface area (Å²) in [6.07, 6.45) is 6.56. The Morgan fingerprint density at radius 3 is 1.32 bits per heavy atom. The van der Waals surface area contributed by atoms with E-state index in [1.165, 1.54) is 130 Å². The lowest BCUT2D eigenvalue weighted by Crippen LogP contribution is -2.74. The molecule has 1 aliphatic carbocycles. The average molecular weight is 901 g/mol. The van der Waals surface area contributed by atoms with Crippen LogP contribution in [0.4, 0.5) is 0 Å². The zero-order valence-electron chi connectivity index (χ0n) is 38.7. The topological polar surface area (TPSA) is 9.86 Å². The molecule has 0 radical (unpaired) electrons. The fraction of sp³-hybridized carbons (Fsp3) is 0.0909. The Morgan fingerprint density at radius 1 is 0.290 bits per heavy atom. The van der Waals surface area contributed by atoms with Gasteiger partial charge in [-0.05, 0) is 110 Å². The van der Waals surface area contributed by atoms with Gasteiger partial charge in [-0.1, -0.05) is 226 Å². The van der Waals surface area contributed by atoms with E-state index < -0.39 is 8.07 Å². The molecule has 10 aromatic carbocycles. The molecule has 1 saturated carbocycles. The molecule has 12 aromatic rings. The fourth-order valence-corrected chi connectivity index (χ4v) is 16.9. The second kappa shape index (κ2) is 17.3. The van der Waals surface area contributed by atoms with E-state index in [4.69, 9.17) is 0 Å². The Kier molecular flexibility index (Phi) is 10.3. The van der Waals surface area contributed by atoms with Crippen LogP contribution in [0.5, 0.6) is 0 Å². The van der Waals surface area contributed by atoms with Crippen LogP contribution in [0.2, 0.25) is 0 Å². The van der Waals surface area contributed by atoms with Crippen molar-refractivity contribution in [2.24, 2.45) is 0 Å². The molecule has 0 spiro atoms. The van der Waals surface area contributed by atoms with E-state index >= 15 is 0 Å². The predicted molar refractivity (Wildman–Crippen MR) is 295 cm³/mol. The summed E-state index contributed by atoms with van der Waals surface area (Å²) in [5.41, 5.74) is 13.6. The van der Waals surface area contributed by atoms with Gasteiger partial charge >= 0.3 is 0 Å². The van der Waals surface area contributed by atoms with Crippen LogP contribution >= 0.6 is 0 Å². The fourth-order valence-electron chi connectivity index (χ4n) is 12.0. The number of nitrogens with zero attached hydrogens (tertiary/aromatic N) is 2. The molecule has 0 atom stereocenters. The summed E-state index contributed by atoms with van der Waals surface area (Å²) in [6.45, 7) is 0. The molecule has 1 aliphatic rings. The molecule has 0 bridgehead atoms. The van der Waals surface area contributed by atoms with Gasteiger partial charge in [0.2, 0.25) is 0 Å². The van der Waals surface area contributed by atoms with Crippen molar-refractivity contribution in [1.29, 1.82) is 0 Å². The molecule has 2 aromatic heterocycles. The Hall–Kier alpha value is -7.98. The van der Waals surface area contributed by atoms with Gasteiger partial charge in [0.25, 0.3) is 0 Å². The zero-order valence-corrected chi connectivity index (χ0v) is 39.7. The smallest absolute Gasteiger partial charge is 0.179 e. The van der Waals surface area contributed by atoms with Crippen LogP contribution in [0.1, 0.15) is 43.6 Å². The lowest BCUT2D eigenvalue weighted by atomic mass is 9.84. The predicted octanol–water partition coefficient (Wildman–Crippen LogP) is 14.6. The highest BCUT2D eigenvalue weighted by Gasteiger charge is 2.42. The number of hydrogen-bond donors (Lipinski definition) is 0. The molecule has 3 heteroatoms. The highest BCUT2D eigenvalue weighted by atomic mass is 28.3. The first-order valence-corrected chi connectivity index (χ1v) is 26.8. The van der Waals surface area contributed by atoms with Gasteiger partial charge in [-0.15, -0.1) is 0 Å². The highest BCUT2D eigenvalue weighted by Crippen LogP contribution is 2.40. The van der Waals surface area contributed by atoms with Crippen molar-refractivity contribution in [3.63, 3.8) is 0 Å². The first-order chi connectivity index (χ1) is 34.2. The number of benzene rings is 10. The van der Waals surface area contributed by atoms with Gasteiger partial charge in [0.15, 0.2) is 8.07 Å². The SMILES string of the molecule is c1ccc(-c2cccc([Si](c3ccccc3)(c3cccc(-c4ccccc4)c3)c3cccc(-n4c5ccccc5c5ccc(-n6c7ccccc7c7ccc(C8CCCCC8)cc76)cc54)c3)c2)cc1. The van der Waals surface area contributed by atoms with E-state index in [2.05, 4.69) is 258 Å². The van der Waals surface area contributed by atoms with Gasteiger partial charge in [-0.2, -0.15) is 0 Å². The molecule has 330 valence electrons. The maximum absolute atomic E-state index is 3.06. The third-order valence-electron chi connectivity index (χ3n) is 15.2. The van der Waals surface area contributed by atoms with Crippen LogP contribution in [-0.4, -0.2) is 17.2 Å². The van der Waals surface area contributed by atoms with Gasteiger partial charge < -0.3 is 9.13 Å². The molecule has 0 unspecified atom stereocenters. The number of aromatic nitrogens is 2. The summed E-state index contributed by atoms with van der Waals surface area (Å²) >= 11 is 0. The van der Waals surface area contributed by atoms with Crippen molar-refractivity contribution < 1.29 is 0 Å². The molecule has 0 N–H and O–H groups in total. The van der Waals surface area contributed by atoms with Gasteiger partial charge in [0.1, 0.15) is 0 Å². The van der Waals surface area contributed by atoms with Crippen molar-refractivity contribution in [2.45, 2.75) is 38.0 Å². The summed E-state index contributed by atoms with van der Waals surface area (Å²) in [5, 5.41) is 10.5. The summed E-state index contributed by atoms with van der Waals surface area (Å²) in [7, 11) is -3.06. The number of fused-ring (bicyclic) bond motifs is 6. The van der Waals surface area contributed by atoms with Crippen LogP contribution < -0.4 is 20.7 Å². The Morgan fingerprint density at radius 2 is 0.725 bits per heavy atom. The summed E-state index contributed by atoms with van der Waals surface area (Å²) in [6, 6.07) is 93.9.